The van der Waals surface area contributed by atoms with Crippen molar-refractivity contribution < 1.29 is 8.83 Å². The Morgan fingerprint density at radius 2 is 1.27 bits per heavy atom. The standard InChI is InChI=1S/C58H42BN3O2/c1-6-20-46-38(7-2)50-48(63-46)33-45-54-57(50)62(42-27-16-13-22-36(42)4)55-40(58(5)31-18-9-19-32-58)29-30-43-52(55)59(54)53-44(60(45)37-23-10-8-11-24-37)34-49-51(39-25-14-17-28-47(39)64-49)56(53)61(43)41-26-15-12-21-35(41)3/h2,6,8-31,33-34H,32H2,1,3-5H3/b20-6-. The molecule has 0 spiro atoms. The Labute approximate surface area is 372 Å². The molecule has 0 fully saturated rings. The zero-order valence-electron chi connectivity index (χ0n) is 36.1. The van der Waals surface area contributed by atoms with Crippen LogP contribution in [0.4, 0.5) is 51.2 Å². The molecule has 4 aliphatic rings. The van der Waals surface area contributed by atoms with E-state index in [4.69, 9.17) is 15.3 Å². The van der Waals surface area contributed by atoms with Crippen LogP contribution in [0.1, 0.15) is 48.3 Å². The minimum absolute atomic E-state index is 0.194. The van der Waals surface area contributed by atoms with E-state index in [2.05, 4.69) is 193 Å². The summed E-state index contributed by atoms with van der Waals surface area (Å²) < 4.78 is 13.9. The lowest BCUT2D eigenvalue weighted by Gasteiger charge is -2.51. The zero-order chi connectivity index (χ0) is 43.0. The van der Waals surface area contributed by atoms with Gasteiger partial charge in [0.25, 0.3) is 6.71 Å². The van der Waals surface area contributed by atoms with Crippen LogP contribution in [0.25, 0.3) is 39.0 Å². The molecule has 5 heterocycles. The van der Waals surface area contributed by atoms with Crippen LogP contribution in [0.15, 0.2) is 167 Å². The van der Waals surface area contributed by atoms with E-state index >= 15 is 0 Å². The topological polar surface area (TPSA) is 36.0 Å². The summed E-state index contributed by atoms with van der Waals surface area (Å²) in [6.07, 6.45) is 20.6. The SMILES string of the molecule is C#Cc1c(/C=C\C)oc2cc3c4c(c12)N(c1ccccc1C)c1c(C2(C)C=CC=CC2)ccc2c1B4c1c(cc4oc5ccccc5c4c1N2c1ccccc1C)N3c1ccccc1. The van der Waals surface area contributed by atoms with Crippen molar-refractivity contribution in [2.24, 2.45) is 0 Å². The average molecular weight is 824 g/mol. The highest BCUT2D eigenvalue weighted by Crippen LogP contribution is 2.57. The van der Waals surface area contributed by atoms with E-state index < -0.39 is 0 Å². The number of benzene rings is 7. The van der Waals surface area contributed by atoms with Gasteiger partial charge in [-0.2, -0.15) is 0 Å². The minimum atomic E-state index is -0.318. The van der Waals surface area contributed by atoms with E-state index in [-0.39, 0.29) is 12.1 Å². The molecule has 7 aromatic carbocycles. The normalized spacial score (nSPS) is 16.7. The maximum Gasteiger partial charge on any atom is 0.257 e. The van der Waals surface area contributed by atoms with Crippen molar-refractivity contribution in [2.75, 3.05) is 14.7 Å². The van der Waals surface area contributed by atoms with Crippen LogP contribution >= 0.6 is 0 Å². The first-order valence-corrected chi connectivity index (χ1v) is 22.2. The Balaban J connectivity index is 1.32. The second kappa shape index (κ2) is 13.3. The molecule has 0 saturated heterocycles. The summed E-state index contributed by atoms with van der Waals surface area (Å²) in [7, 11) is 0. The van der Waals surface area contributed by atoms with Gasteiger partial charge in [0, 0.05) is 62.7 Å². The quantitative estimate of drug-likeness (QED) is 0.128. The molecule has 1 atom stereocenters. The van der Waals surface area contributed by atoms with Crippen LogP contribution in [0.3, 0.4) is 0 Å². The predicted octanol–water partition coefficient (Wildman–Crippen LogP) is 13.6. The summed E-state index contributed by atoms with van der Waals surface area (Å²) >= 11 is 0. The molecule has 1 unspecified atom stereocenters. The molecule has 0 N–H and O–H groups in total. The number of hydrogen-bond acceptors (Lipinski definition) is 5. The van der Waals surface area contributed by atoms with Gasteiger partial charge in [0.15, 0.2) is 0 Å². The van der Waals surface area contributed by atoms with E-state index in [0.717, 1.165) is 96.0 Å². The fourth-order valence-corrected chi connectivity index (χ4v) is 11.4. The molecule has 0 radical (unpaired) electrons. The molecule has 304 valence electrons. The highest BCUT2D eigenvalue weighted by Gasteiger charge is 2.53. The van der Waals surface area contributed by atoms with Crippen molar-refractivity contribution in [2.45, 2.75) is 39.5 Å². The fourth-order valence-electron chi connectivity index (χ4n) is 11.4. The molecular formula is C58H42BN3O2. The predicted molar refractivity (Wildman–Crippen MR) is 268 cm³/mol. The number of rotatable bonds is 5. The molecule has 5 nitrogen and oxygen atoms in total. The van der Waals surface area contributed by atoms with Crippen LogP contribution in [-0.2, 0) is 5.41 Å². The Morgan fingerprint density at radius 1 is 0.625 bits per heavy atom. The van der Waals surface area contributed by atoms with Gasteiger partial charge in [-0.1, -0.05) is 122 Å². The number of terminal acetylenes is 1. The molecule has 0 bridgehead atoms. The highest BCUT2D eigenvalue weighted by molar-refractivity contribution is 7.03. The first-order valence-electron chi connectivity index (χ1n) is 22.2. The zero-order valence-corrected chi connectivity index (χ0v) is 36.1. The molecule has 9 aromatic rings. The summed E-state index contributed by atoms with van der Waals surface area (Å²) in [6.45, 7) is 8.65. The van der Waals surface area contributed by atoms with Gasteiger partial charge in [-0.25, -0.2) is 0 Å². The lowest BCUT2D eigenvalue weighted by molar-refractivity contribution is 0.601. The maximum atomic E-state index is 6.94. The first kappa shape index (κ1) is 36.7. The summed E-state index contributed by atoms with van der Waals surface area (Å²) in [5.41, 5.74) is 20.1. The van der Waals surface area contributed by atoms with Gasteiger partial charge in [0.1, 0.15) is 22.5 Å². The van der Waals surface area contributed by atoms with Crippen molar-refractivity contribution in [1.29, 1.82) is 0 Å². The number of para-hydroxylation sites is 4. The van der Waals surface area contributed by atoms with E-state index in [0.29, 0.717) is 5.76 Å². The van der Waals surface area contributed by atoms with E-state index in [1.807, 2.05) is 19.1 Å². The first-order chi connectivity index (χ1) is 31.4. The Hall–Kier alpha value is -7.88. The van der Waals surface area contributed by atoms with Crippen LogP contribution in [0.2, 0.25) is 0 Å². The smallest absolute Gasteiger partial charge is 0.257 e. The van der Waals surface area contributed by atoms with Crippen molar-refractivity contribution in [3.63, 3.8) is 0 Å². The summed E-state index contributed by atoms with van der Waals surface area (Å²) in [5, 5.41) is 3.13. The molecule has 6 heteroatoms. The summed E-state index contributed by atoms with van der Waals surface area (Å²) in [4.78, 5) is 7.56. The number of hydrogen-bond donors (Lipinski definition) is 0. The number of nitrogens with zero attached hydrogens (tertiary/aromatic N) is 3. The van der Waals surface area contributed by atoms with Crippen molar-refractivity contribution in [3.05, 3.63) is 186 Å². The maximum absolute atomic E-state index is 6.94. The molecule has 0 saturated carbocycles. The molecule has 0 amide bonds. The van der Waals surface area contributed by atoms with E-state index in [9.17, 15) is 0 Å². The fraction of sp³-hybridized carbons (Fsp3) is 0.103. The van der Waals surface area contributed by atoms with Crippen LogP contribution in [0.5, 0.6) is 0 Å². The third kappa shape index (κ3) is 4.76. The molecule has 1 aliphatic carbocycles. The van der Waals surface area contributed by atoms with Crippen molar-refractivity contribution in [3.8, 4) is 12.3 Å². The largest absolute Gasteiger partial charge is 0.456 e. The molecule has 13 rings (SSSR count). The van der Waals surface area contributed by atoms with Crippen LogP contribution in [-0.4, -0.2) is 6.71 Å². The summed E-state index contributed by atoms with van der Waals surface area (Å²) in [5.74, 6) is 3.83. The van der Waals surface area contributed by atoms with Gasteiger partial charge in [0.2, 0.25) is 0 Å². The van der Waals surface area contributed by atoms with Crippen LogP contribution < -0.4 is 31.1 Å². The molecule has 64 heavy (non-hydrogen) atoms. The monoisotopic (exact) mass is 823 g/mol. The second-order valence-corrected chi connectivity index (χ2v) is 17.8. The average Bonchev–Trinajstić information content (AvgIpc) is 3.87. The van der Waals surface area contributed by atoms with Crippen molar-refractivity contribution >= 4 is 113 Å². The Morgan fingerprint density at radius 3 is 1.95 bits per heavy atom. The highest BCUT2D eigenvalue weighted by atomic mass is 16.3. The number of fused-ring (bicyclic) bond motifs is 6. The van der Waals surface area contributed by atoms with Gasteiger partial charge >= 0.3 is 0 Å². The molecule has 3 aliphatic heterocycles. The molecular weight excluding hydrogens is 781 g/mol. The van der Waals surface area contributed by atoms with Gasteiger partial charge in [0.05, 0.1) is 27.7 Å². The van der Waals surface area contributed by atoms with E-state index in [1.54, 1.807) is 0 Å². The third-order valence-corrected chi connectivity index (χ3v) is 14.2. The van der Waals surface area contributed by atoms with Gasteiger partial charge in [-0.15, -0.1) is 6.42 Å². The summed E-state index contributed by atoms with van der Waals surface area (Å²) in [6, 6.07) is 46.2. The third-order valence-electron chi connectivity index (χ3n) is 14.2. The van der Waals surface area contributed by atoms with Gasteiger partial charge < -0.3 is 23.5 Å². The number of aryl methyl sites for hydroxylation is 2. The van der Waals surface area contributed by atoms with Gasteiger partial charge in [-0.3, -0.25) is 0 Å². The lowest BCUT2D eigenvalue weighted by atomic mass is 9.31. The number of allylic oxidation sites excluding steroid dienone is 5. The van der Waals surface area contributed by atoms with Crippen molar-refractivity contribution in [1.82, 2.24) is 0 Å². The van der Waals surface area contributed by atoms with E-state index in [1.165, 1.54) is 33.2 Å². The number of anilines is 9. The Bertz CT molecular complexity index is 3640. The van der Waals surface area contributed by atoms with Gasteiger partial charge in [-0.05, 0) is 103 Å². The molecule has 2 aromatic heterocycles. The second-order valence-electron chi connectivity index (χ2n) is 17.8. The minimum Gasteiger partial charge on any atom is -0.456 e. The number of furan rings is 2. The van der Waals surface area contributed by atoms with Crippen LogP contribution in [0, 0.1) is 26.2 Å². The lowest BCUT2D eigenvalue weighted by Crippen LogP contribution is -2.65. The Kier molecular flexibility index (Phi) is 7.65.